The van der Waals surface area contributed by atoms with E-state index in [4.69, 9.17) is 0 Å². The maximum atomic E-state index is 4.23. The zero-order valence-electron chi connectivity index (χ0n) is 8.83. The van der Waals surface area contributed by atoms with Crippen molar-refractivity contribution in [1.29, 1.82) is 0 Å². The molecule has 1 aromatic heterocycles. The van der Waals surface area contributed by atoms with E-state index >= 15 is 0 Å². The van der Waals surface area contributed by atoms with E-state index in [-0.39, 0.29) is 0 Å². The second kappa shape index (κ2) is 3.86. The van der Waals surface area contributed by atoms with E-state index in [1.54, 1.807) is 0 Å². The van der Waals surface area contributed by atoms with E-state index in [9.17, 15) is 0 Å². The van der Waals surface area contributed by atoms with Crippen molar-refractivity contribution in [3.8, 4) is 0 Å². The number of hydrogen-bond donors (Lipinski definition) is 1. The van der Waals surface area contributed by atoms with Gasteiger partial charge in [-0.1, -0.05) is 0 Å². The number of aromatic nitrogens is 1. The Morgan fingerprint density at radius 1 is 1.50 bits per heavy atom. The topological polar surface area (TPSA) is 28.2 Å². The number of pyridine rings is 1. The van der Waals surface area contributed by atoms with E-state index in [0.717, 1.165) is 18.3 Å². The van der Waals surface area contributed by atoms with Crippen LogP contribution in [0.5, 0.6) is 0 Å². The molecule has 0 atom stereocenters. The summed E-state index contributed by atoms with van der Waals surface area (Å²) in [5, 5.41) is 3.27. The summed E-state index contributed by atoms with van der Waals surface area (Å²) in [4.78, 5) is 6.54. The number of hydrogen-bond acceptors (Lipinski definition) is 3. The van der Waals surface area contributed by atoms with Crippen molar-refractivity contribution < 1.29 is 0 Å². The Bertz CT molecular complexity index is 307. The lowest BCUT2D eigenvalue weighted by Crippen LogP contribution is -2.19. The van der Waals surface area contributed by atoms with Crippen LogP contribution < -0.4 is 10.2 Å². The molecule has 0 unspecified atom stereocenters. The fraction of sp³-hybridized carbons (Fsp3) is 0.545. The second-order valence-electron chi connectivity index (χ2n) is 3.80. The van der Waals surface area contributed by atoms with E-state index in [1.807, 2.05) is 12.4 Å². The molecule has 1 N–H and O–H groups in total. The van der Waals surface area contributed by atoms with Crippen LogP contribution in [0, 0.1) is 0 Å². The highest BCUT2D eigenvalue weighted by Crippen LogP contribution is 2.30. The molecule has 1 saturated carbocycles. The summed E-state index contributed by atoms with van der Waals surface area (Å²) in [5.74, 6) is 0. The van der Waals surface area contributed by atoms with Crippen molar-refractivity contribution in [2.75, 3.05) is 23.8 Å². The van der Waals surface area contributed by atoms with Crippen LogP contribution in [-0.2, 0) is 0 Å². The largest absolute Gasteiger partial charge is 0.384 e. The molecule has 1 aromatic rings. The van der Waals surface area contributed by atoms with Crippen molar-refractivity contribution >= 4 is 11.4 Å². The first-order valence-electron chi connectivity index (χ1n) is 5.23. The monoisotopic (exact) mass is 191 g/mol. The normalized spacial score (nSPS) is 15.3. The first-order valence-corrected chi connectivity index (χ1v) is 5.23. The van der Waals surface area contributed by atoms with E-state index < -0.39 is 0 Å². The average molecular weight is 191 g/mol. The predicted octanol–water partition coefficient (Wildman–Crippen LogP) is 2.11. The average Bonchev–Trinajstić information content (AvgIpc) is 3.01. The lowest BCUT2D eigenvalue weighted by atomic mass is 10.3. The Morgan fingerprint density at radius 3 is 2.93 bits per heavy atom. The first kappa shape index (κ1) is 9.31. The molecule has 76 valence electrons. The minimum Gasteiger partial charge on any atom is -0.384 e. The molecule has 1 aliphatic carbocycles. The van der Waals surface area contributed by atoms with Gasteiger partial charge in [0.25, 0.3) is 0 Å². The molecule has 0 radical (unpaired) electrons. The van der Waals surface area contributed by atoms with Crippen LogP contribution in [0.1, 0.15) is 19.8 Å². The number of anilines is 2. The third-order valence-electron chi connectivity index (χ3n) is 2.61. The van der Waals surface area contributed by atoms with Crippen molar-refractivity contribution in [2.24, 2.45) is 0 Å². The van der Waals surface area contributed by atoms with E-state index in [0.29, 0.717) is 0 Å². The number of rotatable bonds is 4. The molecule has 1 heterocycles. The fourth-order valence-electron chi connectivity index (χ4n) is 1.59. The van der Waals surface area contributed by atoms with Gasteiger partial charge in [0.05, 0.1) is 23.8 Å². The lowest BCUT2D eigenvalue weighted by molar-refractivity contribution is 0.912. The van der Waals surface area contributed by atoms with Gasteiger partial charge >= 0.3 is 0 Å². The van der Waals surface area contributed by atoms with E-state index in [2.05, 4.69) is 35.2 Å². The molecule has 0 saturated heterocycles. The summed E-state index contributed by atoms with van der Waals surface area (Å²) in [6, 6.07) is 2.91. The minimum absolute atomic E-state index is 0.744. The van der Waals surface area contributed by atoms with Gasteiger partial charge in [-0.25, -0.2) is 0 Å². The van der Waals surface area contributed by atoms with Gasteiger partial charge in [0.15, 0.2) is 0 Å². The Balaban J connectivity index is 2.12. The van der Waals surface area contributed by atoms with Crippen LogP contribution >= 0.6 is 0 Å². The highest BCUT2D eigenvalue weighted by molar-refractivity contribution is 5.56. The van der Waals surface area contributed by atoms with Gasteiger partial charge in [0.1, 0.15) is 0 Å². The molecule has 1 fully saturated rings. The molecule has 0 aromatic carbocycles. The molecule has 2 rings (SSSR count). The van der Waals surface area contributed by atoms with Crippen LogP contribution in [0.2, 0.25) is 0 Å². The molecule has 0 bridgehead atoms. The first-order chi connectivity index (χ1) is 6.81. The smallest absolute Gasteiger partial charge is 0.0573 e. The molecule has 0 spiro atoms. The molecular weight excluding hydrogens is 174 g/mol. The highest BCUT2D eigenvalue weighted by Gasteiger charge is 2.26. The molecule has 0 aliphatic heterocycles. The summed E-state index contributed by atoms with van der Waals surface area (Å²) in [6.45, 7) is 3.04. The second-order valence-corrected chi connectivity index (χ2v) is 3.80. The SMILES string of the molecule is CCNc1cncc(N(C)C2CC2)c1. The van der Waals surface area contributed by atoms with Crippen LogP contribution in [0.15, 0.2) is 18.5 Å². The van der Waals surface area contributed by atoms with Crippen LogP contribution in [0.3, 0.4) is 0 Å². The maximum Gasteiger partial charge on any atom is 0.0573 e. The van der Waals surface area contributed by atoms with Crippen LogP contribution in [0.25, 0.3) is 0 Å². The third kappa shape index (κ3) is 1.97. The van der Waals surface area contributed by atoms with Crippen molar-refractivity contribution in [3.05, 3.63) is 18.5 Å². The van der Waals surface area contributed by atoms with Crippen LogP contribution in [0.4, 0.5) is 11.4 Å². The number of nitrogens with zero attached hydrogens (tertiary/aromatic N) is 2. The molecule has 14 heavy (non-hydrogen) atoms. The van der Waals surface area contributed by atoms with Crippen molar-refractivity contribution in [1.82, 2.24) is 4.98 Å². The van der Waals surface area contributed by atoms with Gasteiger partial charge in [-0.2, -0.15) is 0 Å². The summed E-state index contributed by atoms with van der Waals surface area (Å²) >= 11 is 0. The molecular formula is C11H17N3. The molecule has 0 amide bonds. The maximum absolute atomic E-state index is 4.23. The zero-order valence-corrected chi connectivity index (χ0v) is 8.83. The van der Waals surface area contributed by atoms with Crippen LogP contribution in [-0.4, -0.2) is 24.6 Å². The van der Waals surface area contributed by atoms with Gasteiger partial charge in [-0.3, -0.25) is 4.98 Å². The van der Waals surface area contributed by atoms with E-state index in [1.165, 1.54) is 18.5 Å². The van der Waals surface area contributed by atoms with Gasteiger partial charge in [-0.05, 0) is 25.8 Å². The summed E-state index contributed by atoms with van der Waals surface area (Å²) in [6.07, 6.45) is 6.44. The highest BCUT2D eigenvalue weighted by atomic mass is 15.2. The predicted molar refractivity (Wildman–Crippen MR) is 59.8 cm³/mol. The third-order valence-corrected chi connectivity index (χ3v) is 2.61. The van der Waals surface area contributed by atoms with Crippen molar-refractivity contribution in [2.45, 2.75) is 25.8 Å². The quantitative estimate of drug-likeness (QED) is 0.790. The van der Waals surface area contributed by atoms with Gasteiger partial charge < -0.3 is 10.2 Å². The Kier molecular flexibility index (Phi) is 2.57. The lowest BCUT2D eigenvalue weighted by Gasteiger charge is -2.18. The number of nitrogens with one attached hydrogen (secondary N) is 1. The summed E-state index contributed by atoms with van der Waals surface area (Å²) in [7, 11) is 2.14. The Labute approximate surface area is 85.1 Å². The fourth-order valence-corrected chi connectivity index (χ4v) is 1.59. The van der Waals surface area contributed by atoms with Crippen molar-refractivity contribution in [3.63, 3.8) is 0 Å². The minimum atomic E-state index is 0.744. The zero-order chi connectivity index (χ0) is 9.97. The standard InChI is InChI=1S/C11H17N3/c1-3-13-9-6-11(8-12-7-9)14(2)10-4-5-10/h6-8,10,13H,3-5H2,1-2H3. The van der Waals surface area contributed by atoms with Gasteiger partial charge in [0.2, 0.25) is 0 Å². The van der Waals surface area contributed by atoms with Gasteiger partial charge in [-0.15, -0.1) is 0 Å². The Hall–Kier alpha value is -1.25. The molecule has 1 aliphatic rings. The van der Waals surface area contributed by atoms with Gasteiger partial charge in [0, 0.05) is 19.6 Å². The summed E-state index contributed by atoms with van der Waals surface area (Å²) < 4.78 is 0. The molecule has 3 heteroatoms. The molecule has 3 nitrogen and oxygen atoms in total. The Morgan fingerprint density at radius 2 is 2.29 bits per heavy atom. The summed E-state index contributed by atoms with van der Waals surface area (Å²) in [5.41, 5.74) is 2.32.